The van der Waals surface area contributed by atoms with Crippen LogP contribution in [0.1, 0.15) is 16.1 Å². The molecule has 4 aromatic rings. The number of nitrogens with one attached hydrogen (secondary N) is 1. The predicted octanol–water partition coefficient (Wildman–Crippen LogP) is 2.25. The smallest absolute Gasteiger partial charge is 0.211 e. The summed E-state index contributed by atoms with van der Waals surface area (Å²) in [5.41, 5.74) is 7.93. The van der Waals surface area contributed by atoms with E-state index in [0.29, 0.717) is 28.2 Å². The Morgan fingerprint density at radius 3 is 2.42 bits per heavy atom. The van der Waals surface area contributed by atoms with Crippen molar-refractivity contribution in [3.63, 3.8) is 0 Å². The van der Waals surface area contributed by atoms with Crippen LogP contribution in [0.4, 0.5) is 5.82 Å². The Morgan fingerprint density at radius 2 is 1.71 bits per heavy atom. The lowest BCUT2D eigenvalue weighted by Gasteiger charge is -1.98. The van der Waals surface area contributed by atoms with Gasteiger partial charge in [-0.1, -0.05) is 36.4 Å². The number of nitrogens with zero attached hydrogens (tertiary/aromatic N) is 4. The molecule has 7 nitrogen and oxygen atoms in total. The molecule has 0 radical (unpaired) electrons. The van der Waals surface area contributed by atoms with Crippen LogP contribution in [-0.4, -0.2) is 30.7 Å². The minimum atomic E-state index is -0.0359. The lowest BCUT2D eigenvalue weighted by Crippen LogP contribution is -2.02. The lowest BCUT2D eigenvalue weighted by molar-refractivity contribution is 0.103. The highest BCUT2D eigenvalue weighted by Crippen LogP contribution is 2.09. The van der Waals surface area contributed by atoms with Gasteiger partial charge in [-0.15, -0.1) is 0 Å². The van der Waals surface area contributed by atoms with Crippen LogP contribution in [0.15, 0.2) is 67.4 Å². The zero-order valence-electron chi connectivity index (χ0n) is 12.6. The van der Waals surface area contributed by atoms with E-state index in [2.05, 4.69) is 24.9 Å². The molecule has 0 spiro atoms. The molecule has 0 bridgehead atoms. The molecule has 0 aliphatic rings. The first-order chi connectivity index (χ1) is 11.8. The van der Waals surface area contributed by atoms with Gasteiger partial charge in [-0.3, -0.25) is 9.78 Å². The summed E-state index contributed by atoms with van der Waals surface area (Å²) in [6.45, 7) is 0. The number of hydrogen-bond acceptors (Lipinski definition) is 6. The summed E-state index contributed by atoms with van der Waals surface area (Å²) in [6.07, 6.45) is 4.56. The summed E-state index contributed by atoms with van der Waals surface area (Å²) in [5.74, 6) is 0.373. The van der Waals surface area contributed by atoms with Gasteiger partial charge in [0.15, 0.2) is 11.5 Å². The third kappa shape index (κ3) is 3.41. The van der Waals surface area contributed by atoms with Gasteiger partial charge in [0.1, 0.15) is 17.5 Å². The molecule has 0 saturated carbocycles. The van der Waals surface area contributed by atoms with E-state index < -0.39 is 0 Å². The topological polar surface area (TPSA) is 110 Å². The molecule has 3 heterocycles. The van der Waals surface area contributed by atoms with Crippen LogP contribution in [0.2, 0.25) is 0 Å². The SMILES string of the molecule is Nc1ncnc2[nH]cnc12.O=C(c1ccccc1)c1ccccn1. The highest BCUT2D eigenvalue weighted by atomic mass is 16.1. The van der Waals surface area contributed by atoms with Crippen LogP contribution in [0.5, 0.6) is 0 Å². The molecule has 3 aromatic heterocycles. The van der Waals surface area contributed by atoms with Gasteiger partial charge in [0.25, 0.3) is 0 Å². The van der Waals surface area contributed by atoms with E-state index >= 15 is 0 Å². The fourth-order valence-corrected chi connectivity index (χ4v) is 2.02. The van der Waals surface area contributed by atoms with Crippen LogP contribution in [0.3, 0.4) is 0 Å². The molecule has 4 rings (SSSR count). The Hall–Kier alpha value is -3.61. The third-order valence-corrected chi connectivity index (χ3v) is 3.18. The van der Waals surface area contributed by atoms with Gasteiger partial charge < -0.3 is 10.7 Å². The van der Waals surface area contributed by atoms with Crippen molar-refractivity contribution in [1.82, 2.24) is 24.9 Å². The number of aromatic amines is 1. The van der Waals surface area contributed by atoms with Gasteiger partial charge in [0.2, 0.25) is 5.78 Å². The van der Waals surface area contributed by atoms with Crippen molar-refractivity contribution >= 4 is 22.8 Å². The molecule has 1 aromatic carbocycles. The Kier molecular flexibility index (Phi) is 4.52. The number of rotatable bonds is 2. The molecular weight excluding hydrogens is 304 g/mol. The number of aromatic nitrogens is 5. The van der Waals surface area contributed by atoms with E-state index in [0.717, 1.165) is 0 Å². The number of fused-ring (bicyclic) bond motifs is 1. The predicted molar refractivity (Wildman–Crippen MR) is 90.2 cm³/mol. The maximum atomic E-state index is 11.8. The Bertz CT molecular complexity index is 895. The van der Waals surface area contributed by atoms with Crippen molar-refractivity contribution in [2.45, 2.75) is 0 Å². The normalized spacial score (nSPS) is 10.0. The van der Waals surface area contributed by atoms with Crippen LogP contribution >= 0.6 is 0 Å². The van der Waals surface area contributed by atoms with Gasteiger partial charge in [0, 0.05) is 11.8 Å². The van der Waals surface area contributed by atoms with E-state index in [9.17, 15) is 4.79 Å². The molecule has 24 heavy (non-hydrogen) atoms. The summed E-state index contributed by atoms with van der Waals surface area (Å²) < 4.78 is 0. The lowest BCUT2D eigenvalue weighted by atomic mass is 10.1. The van der Waals surface area contributed by atoms with Crippen molar-refractivity contribution in [1.29, 1.82) is 0 Å². The highest BCUT2D eigenvalue weighted by molar-refractivity contribution is 6.07. The van der Waals surface area contributed by atoms with Crippen LogP contribution in [0.25, 0.3) is 11.2 Å². The molecule has 0 unspecified atom stereocenters. The van der Waals surface area contributed by atoms with E-state index in [-0.39, 0.29) is 5.78 Å². The zero-order valence-corrected chi connectivity index (χ0v) is 12.6. The summed E-state index contributed by atoms with van der Waals surface area (Å²) in [6, 6.07) is 14.5. The Morgan fingerprint density at radius 1 is 0.917 bits per heavy atom. The molecule has 3 N–H and O–H groups in total. The van der Waals surface area contributed by atoms with Crippen LogP contribution in [0, 0.1) is 0 Å². The maximum absolute atomic E-state index is 11.8. The summed E-state index contributed by atoms with van der Waals surface area (Å²) in [7, 11) is 0. The Balaban J connectivity index is 0.000000149. The molecule has 0 atom stereocenters. The average Bonchev–Trinajstić information content (AvgIpc) is 3.13. The number of nitrogen functional groups attached to an aromatic ring is 1. The number of imidazole rings is 1. The number of hydrogen-bond donors (Lipinski definition) is 2. The van der Waals surface area contributed by atoms with Crippen molar-refractivity contribution in [3.8, 4) is 0 Å². The second kappa shape index (κ2) is 7.10. The van der Waals surface area contributed by atoms with Crippen molar-refractivity contribution in [2.75, 3.05) is 5.73 Å². The summed E-state index contributed by atoms with van der Waals surface area (Å²) in [4.78, 5) is 30.2. The molecule has 7 heteroatoms. The quantitative estimate of drug-likeness (QED) is 0.548. The second-order valence-corrected chi connectivity index (χ2v) is 4.77. The number of carbonyl (C=O) groups excluding carboxylic acids is 1. The van der Waals surface area contributed by atoms with Crippen molar-refractivity contribution < 1.29 is 4.79 Å². The van der Waals surface area contributed by atoms with Gasteiger partial charge in [-0.25, -0.2) is 15.0 Å². The van der Waals surface area contributed by atoms with Crippen LogP contribution < -0.4 is 5.73 Å². The number of benzene rings is 1. The van der Waals surface area contributed by atoms with Gasteiger partial charge in [0.05, 0.1) is 6.33 Å². The standard InChI is InChI=1S/C12H9NO.C5H5N5/c14-12(10-6-2-1-3-7-10)11-8-4-5-9-13-11;6-4-3-5(9-1-7-3)10-2-8-4/h1-9H;1-2H,(H3,6,7,8,9,10). The van der Waals surface area contributed by atoms with E-state index in [1.807, 2.05) is 24.3 Å². The average molecular weight is 318 g/mol. The number of carbonyl (C=O) groups is 1. The van der Waals surface area contributed by atoms with E-state index in [1.54, 1.807) is 30.5 Å². The first kappa shape index (κ1) is 15.3. The zero-order chi connectivity index (χ0) is 16.8. The second-order valence-electron chi connectivity index (χ2n) is 4.77. The molecule has 0 saturated heterocycles. The number of ketones is 1. The molecule has 118 valence electrons. The van der Waals surface area contributed by atoms with Gasteiger partial charge >= 0.3 is 0 Å². The van der Waals surface area contributed by atoms with Crippen molar-refractivity contribution in [2.24, 2.45) is 0 Å². The Labute approximate surface area is 137 Å². The number of nitrogens with two attached hydrogens (primary N) is 1. The monoisotopic (exact) mass is 318 g/mol. The number of anilines is 1. The summed E-state index contributed by atoms with van der Waals surface area (Å²) >= 11 is 0. The fraction of sp³-hybridized carbons (Fsp3) is 0. The van der Waals surface area contributed by atoms with Crippen LogP contribution in [-0.2, 0) is 0 Å². The van der Waals surface area contributed by atoms with Gasteiger partial charge in [-0.05, 0) is 12.1 Å². The first-order valence-corrected chi connectivity index (χ1v) is 7.16. The maximum Gasteiger partial charge on any atom is 0.211 e. The number of H-pyrrole nitrogens is 1. The fourth-order valence-electron chi connectivity index (χ4n) is 2.02. The summed E-state index contributed by atoms with van der Waals surface area (Å²) in [5, 5.41) is 0. The largest absolute Gasteiger partial charge is 0.382 e. The highest BCUT2D eigenvalue weighted by Gasteiger charge is 2.07. The first-order valence-electron chi connectivity index (χ1n) is 7.16. The third-order valence-electron chi connectivity index (χ3n) is 3.18. The van der Waals surface area contributed by atoms with Crippen molar-refractivity contribution in [3.05, 3.63) is 78.6 Å². The van der Waals surface area contributed by atoms with E-state index in [1.165, 1.54) is 12.7 Å². The molecular formula is C17H14N6O. The van der Waals surface area contributed by atoms with E-state index in [4.69, 9.17) is 5.73 Å². The minimum absolute atomic E-state index is 0.0359. The van der Waals surface area contributed by atoms with Gasteiger partial charge in [-0.2, -0.15) is 0 Å². The molecule has 0 aliphatic carbocycles. The molecule has 0 aliphatic heterocycles. The minimum Gasteiger partial charge on any atom is -0.382 e. The number of pyridine rings is 1. The molecule has 0 amide bonds. The molecule has 0 fully saturated rings.